The van der Waals surface area contributed by atoms with E-state index in [2.05, 4.69) is 22.6 Å². The smallest absolute Gasteiger partial charge is 0.407 e. The maximum atomic E-state index is 13.6. The van der Waals surface area contributed by atoms with Gasteiger partial charge >= 0.3 is 6.09 Å². The van der Waals surface area contributed by atoms with E-state index >= 15 is 0 Å². The molecule has 0 unspecified atom stereocenters. The highest BCUT2D eigenvalue weighted by Crippen LogP contribution is 2.32. The Morgan fingerprint density at radius 2 is 1.58 bits per heavy atom. The molecule has 0 spiro atoms. The van der Waals surface area contributed by atoms with Crippen LogP contribution < -0.4 is 25.0 Å². The summed E-state index contributed by atoms with van der Waals surface area (Å²) in [5, 5.41) is 6.09. The SMILES string of the molecule is Cc1ccc(N(C)C(=O)c2ccc(NC(=O)c3ccccc3OCCCNC(=O)OC(C)(C)C)s2)c(OCCCCCC(=O)N2CCN(C)CC2)c1. The topological polar surface area (TPSA) is 130 Å². The Balaban J connectivity index is 1.25. The van der Waals surface area contributed by atoms with Crippen molar-refractivity contribution in [2.24, 2.45) is 0 Å². The van der Waals surface area contributed by atoms with Crippen molar-refractivity contribution < 1.29 is 33.4 Å². The number of piperazine rings is 1. The zero-order valence-corrected chi connectivity index (χ0v) is 32.1. The molecule has 12 nitrogen and oxygen atoms in total. The van der Waals surface area contributed by atoms with Crippen molar-refractivity contribution in [3.63, 3.8) is 0 Å². The van der Waals surface area contributed by atoms with Gasteiger partial charge < -0.3 is 39.5 Å². The number of carbonyl (C=O) groups is 4. The lowest BCUT2D eigenvalue weighted by Gasteiger charge is -2.32. The van der Waals surface area contributed by atoms with E-state index in [0.29, 0.717) is 58.6 Å². The van der Waals surface area contributed by atoms with E-state index in [1.807, 2.05) is 30.0 Å². The van der Waals surface area contributed by atoms with Crippen molar-refractivity contribution in [2.45, 2.75) is 65.4 Å². The van der Waals surface area contributed by atoms with Crippen LogP contribution >= 0.6 is 11.3 Å². The molecule has 0 radical (unpaired) electrons. The van der Waals surface area contributed by atoms with Crippen LogP contribution in [0.5, 0.6) is 11.5 Å². The van der Waals surface area contributed by atoms with Crippen molar-refractivity contribution in [3.8, 4) is 11.5 Å². The quantitative estimate of drug-likeness (QED) is 0.158. The van der Waals surface area contributed by atoms with E-state index in [1.165, 1.54) is 11.3 Å². The minimum Gasteiger partial charge on any atom is -0.493 e. The van der Waals surface area contributed by atoms with E-state index in [-0.39, 0.29) is 24.3 Å². The maximum absolute atomic E-state index is 13.6. The molecule has 1 saturated heterocycles. The lowest BCUT2D eigenvalue weighted by Crippen LogP contribution is -2.47. The van der Waals surface area contributed by atoms with Gasteiger partial charge in [-0.1, -0.05) is 18.2 Å². The first-order valence-corrected chi connectivity index (χ1v) is 18.7. The number of aryl methyl sites for hydroxylation is 1. The van der Waals surface area contributed by atoms with E-state index < -0.39 is 11.7 Å². The first-order valence-electron chi connectivity index (χ1n) is 17.9. The van der Waals surface area contributed by atoms with Crippen molar-refractivity contribution in [2.75, 3.05) is 70.2 Å². The van der Waals surface area contributed by atoms with Crippen LogP contribution in [0.3, 0.4) is 0 Å². The zero-order chi connectivity index (χ0) is 37.7. The molecule has 13 heteroatoms. The number of alkyl carbamates (subject to hydrolysis) is 1. The molecule has 4 rings (SSSR count). The van der Waals surface area contributed by atoms with Crippen LogP contribution in [0.2, 0.25) is 0 Å². The molecule has 52 heavy (non-hydrogen) atoms. The molecule has 0 saturated carbocycles. The number of benzene rings is 2. The van der Waals surface area contributed by atoms with Gasteiger partial charge in [-0.05, 0) is 102 Å². The van der Waals surface area contributed by atoms with Gasteiger partial charge in [-0.3, -0.25) is 14.4 Å². The number of anilines is 2. The molecule has 1 aromatic heterocycles. The summed E-state index contributed by atoms with van der Waals surface area (Å²) < 4.78 is 17.3. The second kappa shape index (κ2) is 19.3. The Kier molecular flexibility index (Phi) is 14.9. The molecule has 1 aliphatic heterocycles. The predicted octanol–water partition coefficient (Wildman–Crippen LogP) is 6.59. The van der Waals surface area contributed by atoms with E-state index in [9.17, 15) is 19.2 Å². The average molecular weight is 736 g/mol. The number of ether oxygens (including phenoxy) is 3. The van der Waals surface area contributed by atoms with Gasteiger partial charge in [0, 0.05) is 46.2 Å². The first-order chi connectivity index (χ1) is 24.8. The molecular weight excluding hydrogens is 683 g/mol. The largest absolute Gasteiger partial charge is 0.493 e. The molecule has 2 aromatic carbocycles. The number of nitrogens with one attached hydrogen (secondary N) is 2. The molecule has 0 aliphatic carbocycles. The van der Waals surface area contributed by atoms with E-state index in [4.69, 9.17) is 14.2 Å². The van der Waals surface area contributed by atoms with E-state index in [0.717, 1.165) is 51.0 Å². The van der Waals surface area contributed by atoms with Gasteiger partial charge in [0.2, 0.25) is 5.91 Å². The first kappa shape index (κ1) is 40.2. The van der Waals surface area contributed by atoms with Gasteiger partial charge in [-0.15, -0.1) is 11.3 Å². The van der Waals surface area contributed by atoms with Gasteiger partial charge in [0.05, 0.1) is 34.3 Å². The molecule has 1 fully saturated rings. The predicted molar refractivity (Wildman–Crippen MR) is 205 cm³/mol. The molecule has 2 heterocycles. The van der Waals surface area contributed by atoms with Crippen LogP contribution in [0.25, 0.3) is 0 Å². The highest BCUT2D eigenvalue weighted by molar-refractivity contribution is 7.18. The van der Waals surface area contributed by atoms with Gasteiger partial charge in [-0.25, -0.2) is 4.79 Å². The number of carbonyl (C=O) groups excluding carboxylic acids is 4. The molecule has 3 aromatic rings. The number of nitrogens with zero attached hydrogens (tertiary/aromatic N) is 3. The van der Waals surface area contributed by atoms with Gasteiger partial charge in [-0.2, -0.15) is 0 Å². The number of likely N-dealkylation sites (N-methyl/N-ethyl adjacent to an activating group) is 1. The molecule has 0 atom stereocenters. The molecule has 0 bridgehead atoms. The Bertz CT molecular complexity index is 1660. The van der Waals surface area contributed by atoms with Gasteiger partial charge in [0.25, 0.3) is 11.8 Å². The Morgan fingerprint density at radius 1 is 0.865 bits per heavy atom. The van der Waals surface area contributed by atoms with Crippen LogP contribution in [0.1, 0.15) is 78.5 Å². The second-order valence-corrected chi connectivity index (χ2v) is 15.0. The minimum absolute atomic E-state index is 0.225. The number of amides is 4. The van der Waals surface area contributed by atoms with Gasteiger partial charge in [0.15, 0.2) is 0 Å². The Hall–Kier alpha value is -4.62. The fraction of sp³-hybridized carbons (Fsp3) is 0.487. The third-order valence-electron chi connectivity index (χ3n) is 8.36. The Morgan fingerprint density at radius 3 is 2.33 bits per heavy atom. The third-order valence-corrected chi connectivity index (χ3v) is 9.35. The number of unbranched alkanes of at least 4 members (excludes halogenated alkanes) is 2. The summed E-state index contributed by atoms with van der Waals surface area (Å²) in [6, 6.07) is 16.1. The maximum Gasteiger partial charge on any atom is 0.407 e. The van der Waals surface area contributed by atoms with Crippen LogP contribution in [-0.4, -0.2) is 99.2 Å². The third kappa shape index (κ3) is 12.6. The number of hydrogen-bond donors (Lipinski definition) is 2. The summed E-state index contributed by atoms with van der Waals surface area (Å²) in [4.78, 5) is 57.4. The Labute approximate surface area is 311 Å². The van der Waals surface area contributed by atoms with Crippen molar-refractivity contribution in [1.29, 1.82) is 0 Å². The van der Waals surface area contributed by atoms with Crippen LogP contribution in [0.4, 0.5) is 15.5 Å². The molecule has 4 amide bonds. The summed E-state index contributed by atoms with van der Waals surface area (Å²) in [7, 11) is 3.79. The van der Waals surface area contributed by atoms with Crippen molar-refractivity contribution in [3.05, 3.63) is 70.6 Å². The lowest BCUT2D eigenvalue weighted by atomic mass is 10.1. The molecule has 282 valence electrons. The number of thiophene rings is 1. The monoisotopic (exact) mass is 735 g/mol. The summed E-state index contributed by atoms with van der Waals surface area (Å²) in [6.45, 7) is 11.9. The highest BCUT2D eigenvalue weighted by atomic mass is 32.1. The minimum atomic E-state index is -0.575. The van der Waals surface area contributed by atoms with Gasteiger partial charge in [0.1, 0.15) is 17.1 Å². The zero-order valence-electron chi connectivity index (χ0n) is 31.3. The normalized spacial score (nSPS) is 13.3. The fourth-order valence-corrected chi connectivity index (χ4v) is 6.36. The van der Waals surface area contributed by atoms with Crippen LogP contribution in [0, 0.1) is 6.92 Å². The highest BCUT2D eigenvalue weighted by Gasteiger charge is 2.22. The second-order valence-electron chi connectivity index (χ2n) is 13.9. The fourth-order valence-electron chi connectivity index (χ4n) is 5.48. The van der Waals surface area contributed by atoms with Crippen LogP contribution in [-0.2, 0) is 9.53 Å². The summed E-state index contributed by atoms with van der Waals surface area (Å²) in [6.07, 6.45) is 3.08. The summed E-state index contributed by atoms with van der Waals surface area (Å²) >= 11 is 1.18. The number of para-hydroxylation sites is 1. The number of rotatable bonds is 16. The molecule has 2 N–H and O–H groups in total. The summed E-state index contributed by atoms with van der Waals surface area (Å²) in [5.41, 5.74) is 1.44. The molecular formula is C39H53N5O7S. The molecule has 1 aliphatic rings. The van der Waals surface area contributed by atoms with Crippen molar-refractivity contribution >= 4 is 45.8 Å². The van der Waals surface area contributed by atoms with E-state index in [1.54, 1.807) is 69.1 Å². The average Bonchev–Trinajstić information content (AvgIpc) is 3.57. The summed E-state index contributed by atoms with van der Waals surface area (Å²) in [5.74, 6) is 0.658. The van der Waals surface area contributed by atoms with Crippen LogP contribution in [0.15, 0.2) is 54.6 Å². The van der Waals surface area contributed by atoms with Crippen molar-refractivity contribution in [1.82, 2.24) is 15.1 Å². The number of hydrogen-bond acceptors (Lipinski definition) is 9. The lowest BCUT2D eigenvalue weighted by molar-refractivity contribution is -0.132. The standard InChI is InChI=1S/C39H53N5O7S/c1-28-16-17-30(32(27-28)50-25-11-7-8-15-35(45)44-23-21-42(5)22-24-44)43(6)37(47)33-18-19-34(52-33)41-36(46)29-13-9-10-14-31(29)49-26-12-20-40-38(48)51-39(2,3)4/h9-10,13-14,16-19,27H,7-8,11-12,15,20-26H2,1-6H3,(H,40,48)(H,41,46).